The Morgan fingerprint density at radius 3 is 1.43 bits per heavy atom. The molecule has 0 aliphatic rings. The van der Waals surface area contributed by atoms with Crippen molar-refractivity contribution in [1.82, 2.24) is 0 Å². The standard InChI is InChI=1S/C9H7.2C6H5.C4H10N.C2H6Si.Zr/c1-2-5-9-7-3-6-8(9)4-1;2*1-2-4-6-5-3-1;1-4(2,3)5;1-3-2;/h1-7H;2*1-5H;5H,1-3H3;1-2H3;/q4*-1;;+4. The summed E-state index contributed by atoms with van der Waals surface area (Å²) in [5.74, 6) is 0. The Morgan fingerprint density at radius 2 is 1.13 bits per heavy atom. The van der Waals surface area contributed by atoms with Crippen LogP contribution in [0.4, 0.5) is 0 Å². The van der Waals surface area contributed by atoms with E-state index in [0.29, 0.717) is 0 Å². The first-order valence-corrected chi connectivity index (χ1v) is 11.6. The van der Waals surface area contributed by atoms with E-state index in [1.54, 1.807) is 0 Å². The van der Waals surface area contributed by atoms with Gasteiger partial charge in [0, 0.05) is 9.52 Å². The summed E-state index contributed by atoms with van der Waals surface area (Å²) in [5, 5.41) is 2.66. The molecule has 1 N–H and O–H groups in total. The van der Waals surface area contributed by atoms with Crippen molar-refractivity contribution in [2.24, 2.45) is 0 Å². The summed E-state index contributed by atoms with van der Waals surface area (Å²) in [6, 6.07) is 39.7. The quantitative estimate of drug-likeness (QED) is 0.175. The van der Waals surface area contributed by atoms with Gasteiger partial charge >= 0.3 is 26.2 Å². The van der Waals surface area contributed by atoms with Crippen molar-refractivity contribution in [2.45, 2.75) is 39.4 Å². The molecule has 0 aromatic heterocycles. The average Bonchev–Trinajstić information content (AvgIpc) is 3.20. The molecule has 0 atom stereocenters. The predicted octanol–water partition coefficient (Wildman–Crippen LogP) is 8.15. The SMILES string of the molecule is CC(C)(C)[NH-].C[Si]C.[Zr+4].[c-]1ccccc1.[c-]1ccccc1.c1ccc2[cH-]ccc2c1. The van der Waals surface area contributed by atoms with Crippen molar-refractivity contribution < 1.29 is 26.2 Å². The number of fused-ring (bicyclic) bond motifs is 1. The van der Waals surface area contributed by atoms with E-state index in [9.17, 15) is 0 Å². The fourth-order valence-electron chi connectivity index (χ4n) is 1.75. The van der Waals surface area contributed by atoms with Crippen LogP contribution in [0.3, 0.4) is 0 Å². The Hall–Kier alpha value is -1.67. The second-order valence-electron chi connectivity index (χ2n) is 7.06. The number of hydrogen-bond acceptors (Lipinski definition) is 0. The molecule has 0 saturated carbocycles. The molecular formula is C27H33NSiZr. The largest absolute Gasteiger partial charge is 4.00 e. The summed E-state index contributed by atoms with van der Waals surface area (Å²) in [4.78, 5) is 0. The van der Waals surface area contributed by atoms with E-state index in [2.05, 4.69) is 67.7 Å². The van der Waals surface area contributed by atoms with Crippen molar-refractivity contribution in [1.29, 1.82) is 0 Å². The summed E-state index contributed by atoms with van der Waals surface area (Å²) in [5.41, 5.74) is 6.69. The Bertz CT molecular complexity index is 687. The number of benzene rings is 3. The molecule has 3 heteroatoms. The van der Waals surface area contributed by atoms with E-state index < -0.39 is 0 Å². The molecule has 0 amide bonds. The van der Waals surface area contributed by atoms with Gasteiger partial charge in [-0.2, -0.15) is 90.3 Å². The molecule has 4 aromatic carbocycles. The molecule has 30 heavy (non-hydrogen) atoms. The van der Waals surface area contributed by atoms with Crippen molar-refractivity contribution in [3.05, 3.63) is 121 Å². The van der Waals surface area contributed by atoms with E-state index in [0.717, 1.165) is 9.52 Å². The minimum Gasteiger partial charge on any atom is -0.673 e. The van der Waals surface area contributed by atoms with Crippen LogP contribution in [0.5, 0.6) is 0 Å². The van der Waals surface area contributed by atoms with Crippen LogP contribution in [0.15, 0.2) is 103 Å². The Labute approximate surface area is 206 Å². The van der Waals surface area contributed by atoms with Crippen LogP contribution >= 0.6 is 0 Å². The van der Waals surface area contributed by atoms with Crippen LogP contribution in [0, 0.1) is 12.1 Å². The molecule has 2 radical (unpaired) electrons. The van der Waals surface area contributed by atoms with E-state index in [1.165, 1.54) is 10.8 Å². The predicted molar refractivity (Wildman–Crippen MR) is 132 cm³/mol. The van der Waals surface area contributed by atoms with Gasteiger partial charge in [-0.15, -0.1) is 35.2 Å². The minimum absolute atomic E-state index is 0. The van der Waals surface area contributed by atoms with Gasteiger partial charge in [-0.25, -0.2) is 0 Å². The summed E-state index contributed by atoms with van der Waals surface area (Å²) in [6.45, 7) is 9.87. The number of rotatable bonds is 0. The minimum atomic E-state index is -0.250. The first-order valence-electron chi connectivity index (χ1n) is 9.64. The number of nitrogens with one attached hydrogen (secondary N) is 1. The average molecular weight is 491 g/mol. The van der Waals surface area contributed by atoms with Gasteiger partial charge in [0.2, 0.25) is 0 Å². The van der Waals surface area contributed by atoms with Crippen LogP contribution in [0.25, 0.3) is 16.5 Å². The molecule has 0 fully saturated rings. The van der Waals surface area contributed by atoms with Gasteiger partial charge in [0.05, 0.1) is 0 Å². The van der Waals surface area contributed by atoms with Gasteiger partial charge in [-0.05, 0) is 0 Å². The Morgan fingerprint density at radius 1 is 0.733 bits per heavy atom. The summed E-state index contributed by atoms with van der Waals surface area (Å²) >= 11 is 0. The summed E-state index contributed by atoms with van der Waals surface area (Å²) < 4.78 is 0. The first kappa shape index (κ1) is 30.5. The Balaban J connectivity index is 0. The van der Waals surface area contributed by atoms with E-state index in [4.69, 9.17) is 5.73 Å². The van der Waals surface area contributed by atoms with Crippen molar-refractivity contribution in [3.63, 3.8) is 0 Å². The van der Waals surface area contributed by atoms with Crippen LogP contribution < -0.4 is 0 Å². The van der Waals surface area contributed by atoms with Gasteiger partial charge in [-0.3, -0.25) is 0 Å². The van der Waals surface area contributed by atoms with E-state index >= 15 is 0 Å². The maximum absolute atomic E-state index is 6.94. The van der Waals surface area contributed by atoms with Crippen LogP contribution in [-0.2, 0) is 26.2 Å². The third-order valence-electron chi connectivity index (χ3n) is 2.76. The zero-order valence-electron chi connectivity index (χ0n) is 18.8. The fraction of sp³-hybridized carbons (Fsp3) is 0.222. The van der Waals surface area contributed by atoms with Gasteiger partial charge in [0.1, 0.15) is 0 Å². The fourth-order valence-corrected chi connectivity index (χ4v) is 1.75. The summed E-state index contributed by atoms with van der Waals surface area (Å²) in [6.07, 6.45) is 0. The maximum atomic E-state index is 6.94. The zero-order valence-corrected chi connectivity index (χ0v) is 22.3. The van der Waals surface area contributed by atoms with Gasteiger partial charge < -0.3 is 5.73 Å². The molecule has 0 saturated heterocycles. The third kappa shape index (κ3) is 22.6. The monoisotopic (exact) mass is 489 g/mol. The molecule has 0 aliphatic carbocycles. The van der Waals surface area contributed by atoms with Crippen molar-refractivity contribution >= 4 is 20.3 Å². The maximum Gasteiger partial charge on any atom is 4.00 e. The molecule has 0 bridgehead atoms. The van der Waals surface area contributed by atoms with Crippen LogP contribution in [0.2, 0.25) is 13.1 Å². The molecule has 0 unspecified atom stereocenters. The van der Waals surface area contributed by atoms with Gasteiger partial charge in [0.15, 0.2) is 0 Å². The molecule has 4 aromatic rings. The molecule has 1 nitrogen and oxygen atoms in total. The van der Waals surface area contributed by atoms with Crippen molar-refractivity contribution in [2.75, 3.05) is 0 Å². The summed E-state index contributed by atoms with van der Waals surface area (Å²) in [7, 11) is 1.08. The molecular weight excluding hydrogens is 458 g/mol. The normalized spacial score (nSPS) is 8.87. The zero-order chi connectivity index (χ0) is 21.8. The van der Waals surface area contributed by atoms with Crippen molar-refractivity contribution in [3.8, 4) is 0 Å². The first-order chi connectivity index (χ1) is 13.9. The Kier molecular flexibility index (Phi) is 21.0. The third-order valence-corrected chi connectivity index (χ3v) is 2.76. The second-order valence-corrected chi connectivity index (χ2v) is 8.06. The second kappa shape index (κ2) is 20.6. The molecule has 0 spiro atoms. The molecule has 154 valence electrons. The smallest absolute Gasteiger partial charge is 0.673 e. The van der Waals surface area contributed by atoms with Gasteiger partial charge in [0.25, 0.3) is 0 Å². The molecule has 4 rings (SSSR count). The van der Waals surface area contributed by atoms with Crippen LogP contribution in [-0.4, -0.2) is 15.1 Å². The van der Waals surface area contributed by atoms with Gasteiger partial charge in [-0.1, -0.05) is 39.9 Å². The van der Waals surface area contributed by atoms with E-state index in [1.807, 2.05) is 81.4 Å². The molecule has 0 heterocycles. The van der Waals surface area contributed by atoms with E-state index in [-0.39, 0.29) is 31.7 Å². The number of hydrogen-bond donors (Lipinski definition) is 0. The molecule has 0 aliphatic heterocycles. The van der Waals surface area contributed by atoms with Crippen LogP contribution in [0.1, 0.15) is 20.8 Å². The topological polar surface area (TPSA) is 23.8 Å².